The van der Waals surface area contributed by atoms with Gasteiger partial charge in [-0.3, -0.25) is 4.90 Å². The highest BCUT2D eigenvalue weighted by atomic mass is 16.5. The minimum Gasteiger partial charge on any atom is -0.481 e. The van der Waals surface area contributed by atoms with E-state index in [0.717, 1.165) is 67.7 Å². The largest absolute Gasteiger partial charge is 0.481 e. The Bertz CT molecular complexity index is 1090. The summed E-state index contributed by atoms with van der Waals surface area (Å²) in [4.78, 5) is 13.4. The highest BCUT2D eigenvalue weighted by molar-refractivity contribution is 5.63. The monoisotopic (exact) mass is 428 g/mol. The van der Waals surface area contributed by atoms with Crippen LogP contribution in [-0.4, -0.2) is 41.2 Å². The molecule has 0 spiro atoms. The Morgan fingerprint density at radius 3 is 2.66 bits per heavy atom. The minimum absolute atomic E-state index is 0.349. The SMILES string of the molecule is CCCN1Cc2[nH]c(-c3cccc(OCC#Cc4ccc(C)cc4)c3)nc2N(CCC)C1. The van der Waals surface area contributed by atoms with Crippen LogP contribution in [0.3, 0.4) is 0 Å². The van der Waals surface area contributed by atoms with Crippen molar-refractivity contribution >= 4 is 5.82 Å². The maximum Gasteiger partial charge on any atom is 0.152 e. The summed E-state index contributed by atoms with van der Waals surface area (Å²) in [6, 6.07) is 16.3. The summed E-state index contributed by atoms with van der Waals surface area (Å²) in [6.45, 7) is 10.8. The number of anilines is 1. The van der Waals surface area contributed by atoms with Crippen LogP contribution in [0.2, 0.25) is 0 Å². The second-order valence-electron chi connectivity index (χ2n) is 8.33. The number of imidazole rings is 1. The molecule has 4 rings (SSSR count). The van der Waals surface area contributed by atoms with Crippen molar-refractivity contribution in [3.8, 4) is 29.0 Å². The van der Waals surface area contributed by atoms with Gasteiger partial charge in [-0.15, -0.1) is 0 Å². The number of fused-ring (bicyclic) bond motifs is 1. The maximum absolute atomic E-state index is 5.89. The van der Waals surface area contributed by atoms with Crippen molar-refractivity contribution in [1.82, 2.24) is 14.9 Å². The number of benzene rings is 2. The van der Waals surface area contributed by atoms with Gasteiger partial charge in [0.2, 0.25) is 0 Å². The molecule has 166 valence electrons. The molecule has 0 atom stereocenters. The molecule has 1 N–H and O–H groups in total. The molecule has 0 amide bonds. The van der Waals surface area contributed by atoms with E-state index in [4.69, 9.17) is 9.72 Å². The zero-order chi connectivity index (χ0) is 22.3. The number of aryl methyl sites for hydroxylation is 1. The molecule has 0 radical (unpaired) electrons. The van der Waals surface area contributed by atoms with Crippen molar-refractivity contribution in [3.05, 3.63) is 65.4 Å². The van der Waals surface area contributed by atoms with E-state index in [1.165, 1.54) is 11.3 Å². The lowest BCUT2D eigenvalue weighted by molar-refractivity contribution is 0.248. The van der Waals surface area contributed by atoms with E-state index in [0.29, 0.717) is 6.61 Å². The number of ether oxygens (including phenoxy) is 1. The minimum atomic E-state index is 0.349. The molecule has 5 heteroatoms. The van der Waals surface area contributed by atoms with E-state index < -0.39 is 0 Å². The van der Waals surface area contributed by atoms with Crippen molar-refractivity contribution in [1.29, 1.82) is 0 Å². The molecule has 1 aliphatic rings. The van der Waals surface area contributed by atoms with Crippen molar-refractivity contribution in [2.24, 2.45) is 0 Å². The Balaban J connectivity index is 1.46. The standard InChI is InChI=1S/C27H32N4O/c1-4-15-30-19-25-27(31(20-30)16-5-2)29-26(28-25)23-9-6-10-24(18-23)32-17-7-8-22-13-11-21(3)12-14-22/h6,9-14,18H,4-5,15-17,19-20H2,1-3H3,(H,28,29). The summed E-state index contributed by atoms with van der Waals surface area (Å²) in [6.07, 6.45) is 2.26. The van der Waals surface area contributed by atoms with Gasteiger partial charge in [0, 0.05) is 24.2 Å². The van der Waals surface area contributed by atoms with Crippen LogP contribution >= 0.6 is 0 Å². The van der Waals surface area contributed by atoms with Gasteiger partial charge < -0.3 is 14.6 Å². The number of hydrogen-bond donors (Lipinski definition) is 1. The fraction of sp³-hybridized carbons (Fsp3) is 0.370. The van der Waals surface area contributed by atoms with Gasteiger partial charge >= 0.3 is 0 Å². The Morgan fingerprint density at radius 1 is 1.06 bits per heavy atom. The number of nitrogens with one attached hydrogen (secondary N) is 1. The smallest absolute Gasteiger partial charge is 0.152 e. The van der Waals surface area contributed by atoms with Gasteiger partial charge in [0.15, 0.2) is 5.82 Å². The average Bonchev–Trinajstić information content (AvgIpc) is 3.23. The van der Waals surface area contributed by atoms with E-state index in [9.17, 15) is 0 Å². The van der Waals surface area contributed by atoms with Crippen LogP contribution < -0.4 is 9.64 Å². The zero-order valence-electron chi connectivity index (χ0n) is 19.3. The molecule has 0 unspecified atom stereocenters. The Morgan fingerprint density at radius 2 is 1.88 bits per heavy atom. The lowest BCUT2D eigenvalue weighted by atomic mass is 10.2. The Kier molecular flexibility index (Phi) is 7.14. The second-order valence-corrected chi connectivity index (χ2v) is 8.33. The lowest BCUT2D eigenvalue weighted by Crippen LogP contribution is -2.43. The molecule has 0 bridgehead atoms. The summed E-state index contributed by atoms with van der Waals surface area (Å²) >= 11 is 0. The van der Waals surface area contributed by atoms with Crippen molar-refractivity contribution < 1.29 is 4.74 Å². The lowest BCUT2D eigenvalue weighted by Gasteiger charge is -2.35. The van der Waals surface area contributed by atoms with Gasteiger partial charge in [0.25, 0.3) is 0 Å². The quantitative estimate of drug-likeness (QED) is 0.525. The first-order valence-corrected chi connectivity index (χ1v) is 11.5. The van der Waals surface area contributed by atoms with Crippen LogP contribution in [0.25, 0.3) is 11.4 Å². The van der Waals surface area contributed by atoms with Gasteiger partial charge in [-0.25, -0.2) is 4.98 Å². The molecular formula is C27H32N4O. The normalized spacial score (nSPS) is 13.4. The molecule has 0 saturated carbocycles. The number of rotatable bonds is 7. The highest BCUT2D eigenvalue weighted by Crippen LogP contribution is 2.30. The predicted molar refractivity (Wildman–Crippen MR) is 131 cm³/mol. The number of aromatic amines is 1. The van der Waals surface area contributed by atoms with Gasteiger partial charge in [-0.2, -0.15) is 0 Å². The highest BCUT2D eigenvalue weighted by Gasteiger charge is 2.25. The summed E-state index contributed by atoms with van der Waals surface area (Å²) in [7, 11) is 0. The molecule has 0 fully saturated rings. The van der Waals surface area contributed by atoms with E-state index in [1.54, 1.807) is 0 Å². The molecular weight excluding hydrogens is 396 g/mol. The molecule has 2 aromatic carbocycles. The fourth-order valence-corrected chi connectivity index (χ4v) is 4.03. The number of aromatic nitrogens is 2. The maximum atomic E-state index is 5.89. The first kappa shape index (κ1) is 22.0. The topological polar surface area (TPSA) is 44.4 Å². The molecule has 3 aromatic rings. The van der Waals surface area contributed by atoms with Crippen molar-refractivity contribution in [2.45, 2.75) is 40.2 Å². The van der Waals surface area contributed by atoms with Gasteiger partial charge in [0.05, 0.1) is 12.4 Å². The van der Waals surface area contributed by atoms with E-state index >= 15 is 0 Å². The Hall–Kier alpha value is -3.23. The van der Waals surface area contributed by atoms with E-state index in [-0.39, 0.29) is 0 Å². The Labute approximate surface area is 191 Å². The van der Waals surface area contributed by atoms with Gasteiger partial charge in [0.1, 0.15) is 18.2 Å². The van der Waals surface area contributed by atoms with Crippen LogP contribution in [0.15, 0.2) is 48.5 Å². The van der Waals surface area contributed by atoms with Gasteiger partial charge in [-0.05, 0) is 50.6 Å². The zero-order valence-corrected chi connectivity index (χ0v) is 19.3. The first-order valence-electron chi connectivity index (χ1n) is 11.5. The number of H-pyrrole nitrogens is 1. The summed E-state index contributed by atoms with van der Waals surface area (Å²) in [5, 5.41) is 0. The molecule has 0 aliphatic carbocycles. The van der Waals surface area contributed by atoms with Crippen molar-refractivity contribution in [2.75, 3.05) is 31.3 Å². The summed E-state index contributed by atoms with van der Waals surface area (Å²) < 4.78 is 5.89. The number of hydrogen-bond acceptors (Lipinski definition) is 4. The molecule has 32 heavy (non-hydrogen) atoms. The third-order valence-corrected chi connectivity index (χ3v) is 5.55. The van der Waals surface area contributed by atoms with Crippen LogP contribution in [0.1, 0.15) is 43.5 Å². The van der Waals surface area contributed by atoms with Gasteiger partial charge in [-0.1, -0.05) is 55.5 Å². The first-order chi connectivity index (χ1) is 15.7. The molecule has 2 heterocycles. The van der Waals surface area contributed by atoms with Crippen LogP contribution in [0.4, 0.5) is 5.82 Å². The van der Waals surface area contributed by atoms with Crippen molar-refractivity contribution in [3.63, 3.8) is 0 Å². The molecule has 5 nitrogen and oxygen atoms in total. The predicted octanol–water partition coefficient (Wildman–Crippen LogP) is 5.22. The summed E-state index contributed by atoms with van der Waals surface area (Å²) in [5.74, 6) is 9.03. The van der Waals surface area contributed by atoms with Crippen LogP contribution in [0, 0.1) is 18.8 Å². The third-order valence-electron chi connectivity index (χ3n) is 5.55. The van der Waals surface area contributed by atoms with Crippen LogP contribution in [-0.2, 0) is 6.54 Å². The van der Waals surface area contributed by atoms with Crippen LogP contribution in [0.5, 0.6) is 5.75 Å². The van der Waals surface area contributed by atoms with E-state index in [1.807, 2.05) is 30.3 Å². The molecule has 1 aliphatic heterocycles. The fourth-order valence-electron chi connectivity index (χ4n) is 4.03. The second kappa shape index (κ2) is 10.4. The molecule has 0 saturated heterocycles. The molecule has 1 aromatic heterocycles. The third kappa shape index (κ3) is 5.33. The summed E-state index contributed by atoms with van der Waals surface area (Å²) in [5.41, 5.74) is 4.47. The number of nitrogens with zero attached hydrogens (tertiary/aromatic N) is 3. The van der Waals surface area contributed by atoms with E-state index in [2.05, 4.69) is 65.6 Å². The average molecular weight is 429 g/mol.